The van der Waals surface area contributed by atoms with Crippen LogP contribution in [0.4, 0.5) is 0 Å². The maximum Gasteiger partial charge on any atom is 0.166 e. The van der Waals surface area contributed by atoms with Crippen LogP contribution in [0.25, 0.3) is 0 Å². The van der Waals surface area contributed by atoms with E-state index in [0.717, 1.165) is 30.2 Å². The molecule has 1 N–H and O–H groups in total. The Balaban J connectivity index is 1.70. The van der Waals surface area contributed by atoms with Crippen LogP contribution in [0.1, 0.15) is 22.3 Å². The van der Waals surface area contributed by atoms with E-state index in [1.807, 2.05) is 30.3 Å². The third kappa shape index (κ3) is 4.64. The quantitative estimate of drug-likeness (QED) is 0.630. The summed E-state index contributed by atoms with van der Waals surface area (Å²) in [5.41, 5.74) is 4.76. The largest absolute Gasteiger partial charge is 0.493 e. The van der Waals surface area contributed by atoms with Gasteiger partial charge in [0.1, 0.15) is 6.61 Å². The molecule has 0 fully saturated rings. The summed E-state index contributed by atoms with van der Waals surface area (Å²) >= 11 is 0. The minimum Gasteiger partial charge on any atom is -0.493 e. The van der Waals surface area contributed by atoms with Crippen LogP contribution in [0.15, 0.2) is 72.8 Å². The van der Waals surface area contributed by atoms with Gasteiger partial charge in [0, 0.05) is 18.7 Å². The van der Waals surface area contributed by atoms with Crippen molar-refractivity contribution in [2.24, 2.45) is 0 Å². The van der Waals surface area contributed by atoms with Crippen molar-refractivity contribution < 1.29 is 9.47 Å². The molecule has 0 aliphatic heterocycles. The third-order valence-electron chi connectivity index (χ3n) is 4.40. The van der Waals surface area contributed by atoms with Gasteiger partial charge in [-0.05, 0) is 29.7 Å². The van der Waals surface area contributed by atoms with E-state index in [4.69, 9.17) is 9.47 Å². The van der Waals surface area contributed by atoms with Gasteiger partial charge in [0.15, 0.2) is 11.5 Å². The highest BCUT2D eigenvalue weighted by molar-refractivity contribution is 5.47. The van der Waals surface area contributed by atoms with Crippen molar-refractivity contribution in [2.75, 3.05) is 7.11 Å². The summed E-state index contributed by atoms with van der Waals surface area (Å²) in [5.74, 6) is 1.57. The van der Waals surface area contributed by atoms with E-state index in [1.54, 1.807) is 7.11 Å². The molecule has 0 saturated heterocycles. The Labute approximate surface area is 155 Å². The predicted octanol–water partition coefficient (Wildman–Crippen LogP) is 4.87. The first-order valence-corrected chi connectivity index (χ1v) is 8.85. The lowest BCUT2D eigenvalue weighted by molar-refractivity contribution is 0.280. The number of hydrogen-bond donors (Lipinski definition) is 1. The van der Waals surface area contributed by atoms with Crippen molar-refractivity contribution in [1.29, 1.82) is 0 Å². The number of methoxy groups -OCH3 is 1. The molecule has 0 bridgehead atoms. The molecule has 0 aliphatic rings. The molecule has 26 heavy (non-hydrogen) atoms. The summed E-state index contributed by atoms with van der Waals surface area (Å²) in [6, 6.07) is 24.7. The zero-order valence-corrected chi connectivity index (χ0v) is 15.4. The lowest BCUT2D eigenvalue weighted by atomic mass is 10.1. The van der Waals surface area contributed by atoms with Crippen LogP contribution in [0.5, 0.6) is 11.5 Å². The van der Waals surface area contributed by atoms with Crippen molar-refractivity contribution in [3.63, 3.8) is 0 Å². The molecule has 0 atom stereocenters. The van der Waals surface area contributed by atoms with Crippen molar-refractivity contribution in [2.45, 2.75) is 26.6 Å². The number of aryl methyl sites for hydroxylation is 1. The first-order valence-electron chi connectivity index (χ1n) is 8.85. The van der Waals surface area contributed by atoms with Gasteiger partial charge in [0.05, 0.1) is 7.11 Å². The van der Waals surface area contributed by atoms with Gasteiger partial charge in [-0.3, -0.25) is 0 Å². The molecule has 134 valence electrons. The predicted molar refractivity (Wildman–Crippen MR) is 105 cm³/mol. The number of ether oxygens (including phenoxy) is 2. The SMILES string of the molecule is COc1cccc(CNCc2ccccc2)c1OCc1ccccc1C. The second-order valence-electron chi connectivity index (χ2n) is 6.25. The summed E-state index contributed by atoms with van der Waals surface area (Å²) < 4.78 is 11.7. The topological polar surface area (TPSA) is 30.5 Å². The van der Waals surface area contributed by atoms with E-state index in [2.05, 4.69) is 54.7 Å². The zero-order valence-electron chi connectivity index (χ0n) is 15.4. The molecule has 0 spiro atoms. The molecule has 0 amide bonds. The fourth-order valence-corrected chi connectivity index (χ4v) is 2.88. The van der Waals surface area contributed by atoms with Crippen molar-refractivity contribution in [1.82, 2.24) is 5.32 Å². The van der Waals surface area contributed by atoms with Gasteiger partial charge in [-0.1, -0.05) is 66.7 Å². The van der Waals surface area contributed by atoms with Crippen molar-refractivity contribution in [3.8, 4) is 11.5 Å². The van der Waals surface area contributed by atoms with E-state index >= 15 is 0 Å². The third-order valence-corrected chi connectivity index (χ3v) is 4.40. The van der Waals surface area contributed by atoms with Gasteiger partial charge in [-0.15, -0.1) is 0 Å². The minimum atomic E-state index is 0.527. The molecule has 3 aromatic rings. The molecule has 0 aromatic heterocycles. The highest BCUT2D eigenvalue weighted by Crippen LogP contribution is 2.32. The number of benzene rings is 3. The van der Waals surface area contributed by atoms with Crippen LogP contribution in [-0.4, -0.2) is 7.11 Å². The van der Waals surface area contributed by atoms with E-state index in [0.29, 0.717) is 6.61 Å². The second-order valence-corrected chi connectivity index (χ2v) is 6.25. The van der Waals surface area contributed by atoms with Crippen molar-refractivity contribution in [3.05, 3.63) is 95.1 Å². The molecule has 3 rings (SSSR count). The summed E-state index contributed by atoms with van der Waals surface area (Å²) in [6.07, 6.45) is 0. The minimum absolute atomic E-state index is 0.527. The zero-order chi connectivity index (χ0) is 18.2. The molecule has 3 aromatic carbocycles. The number of rotatable bonds is 8. The molecular formula is C23H25NO2. The lowest BCUT2D eigenvalue weighted by Crippen LogP contribution is -2.14. The van der Waals surface area contributed by atoms with Gasteiger partial charge in [-0.25, -0.2) is 0 Å². The van der Waals surface area contributed by atoms with E-state index in [1.165, 1.54) is 16.7 Å². The molecule has 0 unspecified atom stereocenters. The van der Waals surface area contributed by atoms with Gasteiger partial charge in [0.2, 0.25) is 0 Å². The summed E-state index contributed by atoms with van der Waals surface area (Å²) in [5, 5.41) is 3.48. The maximum atomic E-state index is 6.16. The van der Waals surface area contributed by atoms with Gasteiger partial charge < -0.3 is 14.8 Å². The second kappa shape index (κ2) is 9.07. The molecule has 0 radical (unpaired) electrons. The van der Waals surface area contributed by atoms with Crippen LogP contribution >= 0.6 is 0 Å². The number of nitrogens with one attached hydrogen (secondary N) is 1. The average Bonchev–Trinajstić information content (AvgIpc) is 2.68. The Bertz CT molecular complexity index is 831. The molecule has 3 nitrogen and oxygen atoms in total. The van der Waals surface area contributed by atoms with Crippen molar-refractivity contribution >= 4 is 0 Å². The Morgan fingerprint density at radius 3 is 2.27 bits per heavy atom. The Morgan fingerprint density at radius 2 is 1.50 bits per heavy atom. The molecule has 0 saturated carbocycles. The fraction of sp³-hybridized carbons (Fsp3) is 0.217. The van der Waals surface area contributed by atoms with Gasteiger partial charge in [0.25, 0.3) is 0 Å². The van der Waals surface area contributed by atoms with Crippen LogP contribution in [-0.2, 0) is 19.7 Å². The Hall–Kier alpha value is -2.78. The first-order chi connectivity index (χ1) is 12.8. The maximum absolute atomic E-state index is 6.16. The monoisotopic (exact) mass is 347 g/mol. The summed E-state index contributed by atoms with van der Waals surface area (Å²) in [4.78, 5) is 0. The molecule has 0 heterocycles. The number of para-hydroxylation sites is 1. The highest BCUT2D eigenvalue weighted by atomic mass is 16.5. The molecule has 3 heteroatoms. The van der Waals surface area contributed by atoms with E-state index < -0.39 is 0 Å². The highest BCUT2D eigenvalue weighted by Gasteiger charge is 2.11. The van der Waals surface area contributed by atoms with Crippen LogP contribution in [0.2, 0.25) is 0 Å². The molecular weight excluding hydrogens is 322 g/mol. The Kier molecular flexibility index (Phi) is 6.29. The van der Waals surface area contributed by atoms with Crippen LogP contribution in [0.3, 0.4) is 0 Å². The van der Waals surface area contributed by atoms with E-state index in [-0.39, 0.29) is 0 Å². The first kappa shape index (κ1) is 18.0. The average molecular weight is 347 g/mol. The normalized spacial score (nSPS) is 10.5. The lowest BCUT2D eigenvalue weighted by Gasteiger charge is -2.16. The smallest absolute Gasteiger partial charge is 0.166 e. The molecule has 0 aliphatic carbocycles. The fourth-order valence-electron chi connectivity index (χ4n) is 2.88. The van der Waals surface area contributed by atoms with Crippen LogP contribution < -0.4 is 14.8 Å². The van der Waals surface area contributed by atoms with Gasteiger partial charge >= 0.3 is 0 Å². The number of hydrogen-bond acceptors (Lipinski definition) is 3. The Morgan fingerprint density at radius 1 is 0.769 bits per heavy atom. The standard InChI is InChI=1S/C23H25NO2/c1-18-9-6-7-12-21(18)17-26-23-20(13-8-14-22(23)25-2)16-24-15-19-10-4-3-5-11-19/h3-14,24H,15-17H2,1-2H3. The van der Waals surface area contributed by atoms with E-state index in [9.17, 15) is 0 Å². The summed E-state index contributed by atoms with van der Waals surface area (Å²) in [7, 11) is 1.68. The summed E-state index contributed by atoms with van der Waals surface area (Å²) in [6.45, 7) is 4.16. The van der Waals surface area contributed by atoms with Crippen LogP contribution in [0, 0.1) is 6.92 Å². The van der Waals surface area contributed by atoms with Gasteiger partial charge in [-0.2, -0.15) is 0 Å².